The predicted octanol–water partition coefficient (Wildman–Crippen LogP) is 3.21. The average molecular weight is 200 g/mol. The molecule has 0 aromatic heterocycles. The molecule has 0 aromatic rings. The lowest BCUT2D eigenvalue weighted by atomic mass is 10.3. The van der Waals surface area contributed by atoms with E-state index in [9.17, 15) is 4.57 Å². The number of allylic oxidation sites excluding steroid dienone is 2. The Morgan fingerprint density at radius 1 is 1.77 bits per heavy atom. The van der Waals surface area contributed by atoms with E-state index < -0.39 is 7.37 Å². The first-order chi connectivity index (χ1) is 6.02. The van der Waals surface area contributed by atoms with Crippen LogP contribution in [-0.4, -0.2) is 18.9 Å². The van der Waals surface area contributed by atoms with Crippen LogP contribution in [0.2, 0.25) is 0 Å². The van der Waals surface area contributed by atoms with E-state index in [1.165, 1.54) is 5.57 Å². The topological polar surface area (TPSA) is 26.3 Å². The lowest BCUT2D eigenvalue weighted by Gasteiger charge is -2.16. The molecule has 0 saturated carbocycles. The van der Waals surface area contributed by atoms with Crippen LogP contribution < -0.4 is 0 Å². The molecule has 0 spiro atoms. The maximum Gasteiger partial charge on any atom is 0.210 e. The summed E-state index contributed by atoms with van der Waals surface area (Å²) in [5, 5.41) is 0. The minimum atomic E-state index is -2.44. The van der Waals surface area contributed by atoms with Crippen LogP contribution in [-0.2, 0) is 9.09 Å². The summed E-state index contributed by atoms with van der Waals surface area (Å²) in [5.41, 5.74) is 2.13. The average Bonchev–Trinajstić information content (AvgIpc) is 2.09. The monoisotopic (exact) mass is 200 g/mol. The highest BCUT2D eigenvalue weighted by Gasteiger charge is 2.24. The Balaban J connectivity index is 2.72. The van der Waals surface area contributed by atoms with E-state index in [0.29, 0.717) is 18.9 Å². The van der Waals surface area contributed by atoms with Crippen LogP contribution in [0.4, 0.5) is 0 Å². The van der Waals surface area contributed by atoms with Crippen molar-refractivity contribution in [3.05, 3.63) is 23.8 Å². The fraction of sp³-hybridized carbons (Fsp3) is 0.600. The molecular weight excluding hydrogens is 183 g/mol. The van der Waals surface area contributed by atoms with Gasteiger partial charge in [0.1, 0.15) is 0 Å². The molecule has 0 unspecified atom stereocenters. The van der Waals surface area contributed by atoms with Crippen molar-refractivity contribution >= 4 is 7.37 Å². The van der Waals surface area contributed by atoms with Crippen LogP contribution in [0.5, 0.6) is 0 Å². The van der Waals surface area contributed by atoms with E-state index in [1.807, 2.05) is 13.8 Å². The fourth-order valence-electron chi connectivity index (χ4n) is 1.53. The van der Waals surface area contributed by atoms with Crippen LogP contribution in [0.1, 0.15) is 20.3 Å². The maximum absolute atomic E-state index is 12.2. The van der Waals surface area contributed by atoms with Crippen LogP contribution in [0, 0.1) is 0 Å². The summed E-state index contributed by atoms with van der Waals surface area (Å²) in [5.74, 6) is 0. The lowest BCUT2D eigenvalue weighted by Crippen LogP contribution is -2.00. The molecule has 1 aliphatic rings. The molecule has 2 nitrogen and oxygen atoms in total. The van der Waals surface area contributed by atoms with Crippen LogP contribution in [0.25, 0.3) is 0 Å². The molecule has 0 saturated heterocycles. The standard InChI is InChI=1S/C10H17O2P/c1-9(2)7-13(11)8-10(3)5-4-6-12-13/h5H,1,4,6-8H2,2-3H3/t13-/m1/s1. The van der Waals surface area contributed by atoms with Gasteiger partial charge in [-0.2, -0.15) is 0 Å². The zero-order chi connectivity index (χ0) is 9.90. The zero-order valence-electron chi connectivity index (χ0n) is 8.38. The van der Waals surface area contributed by atoms with Gasteiger partial charge in [-0.1, -0.05) is 23.8 Å². The van der Waals surface area contributed by atoms with Crippen molar-refractivity contribution in [1.29, 1.82) is 0 Å². The summed E-state index contributed by atoms with van der Waals surface area (Å²) >= 11 is 0. The Hall–Kier alpha value is -0.330. The molecule has 74 valence electrons. The highest BCUT2D eigenvalue weighted by Crippen LogP contribution is 2.50. The van der Waals surface area contributed by atoms with E-state index in [2.05, 4.69) is 12.7 Å². The quantitative estimate of drug-likeness (QED) is 0.505. The van der Waals surface area contributed by atoms with E-state index >= 15 is 0 Å². The maximum atomic E-state index is 12.2. The molecule has 1 rings (SSSR count). The molecule has 13 heavy (non-hydrogen) atoms. The summed E-state index contributed by atoms with van der Waals surface area (Å²) in [6.45, 7) is 8.27. The second kappa shape index (κ2) is 4.26. The molecule has 0 N–H and O–H groups in total. The molecule has 0 aliphatic carbocycles. The molecule has 0 bridgehead atoms. The fourth-order valence-corrected chi connectivity index (χ4v) is 3.97. The van der Waals surface area contributed by atoms with Gasteiger partial charge in [-0.15, -0.1) is 0 Å². The lowest BCUT2D eigenvalue weighted by molar-refractivity contribution is 0.325. The van der Waals surface area contributed by atoms with Gasteiger partial charge in [-0.3, -0.25) is 4.57 Å². The van der Waals surface area contributed by atoms with Crippen molar-refractivity contribution in [2.24, 2.45) is 0 Å². The second-order valence-corrected chi connectivity index (χ2v) is 6.28. The van der Waals surface area contributed by atoms with Crippen molar-refractivity contribution in [3.8, 4) is 0 Å². The molecule has 0 fully saturated rings. The number of rotatable bonds is 2. The third-order valence-corrected chi connectivity index (χ3v) is 4.59. The largest absolute Gasteiger partial charge is 0.328 e. The van der Waals surface area contributed by atoms with Gasteiger partial charge in [0, 0.05) is 12.3 Å². The van der Waals surface area contributed by atoms with Gasteiger partial charge in [0.15, 0.2) is 0 Å². The van der Waals surface area contributed by atoms with Gasteiger partial charge < -0.3 is 4.52 Å². The normalized spacial score (nSPS) is 29.2. The van der Waals surface area contributed by atoms with Crippen molar-refractivity contribution in [2.45, 2.75) is 20.3 Å². The number of hydrogen-bond donors (Lipinski definition) is 0. The third-order valence-electron chi connectivity index (χ3n) is 1.94. The molecular formula is C10H17O2P. The highest BCUT2D eigenvalue weighted by atomic mass is 31.2. The summed E-state index contributed by atoms with van der Waals surface area (Å²) in [4.78, 5) is 0. The van der Waals surface area contributed by atoms with Gasteiger partial charge in [0.2, 0.25) is 7.37 Å². The van der Waals surface area contributed by atoms with Gasteiger partial charge in [-0.05, 0) is 20.3 Å². The first kappa shape index (κ1) is 10.7. The molecule has 3 heteroatoms. The van der Waals surface area contributed by atoms with Crippen LogP contribution in [0.15, 0.2) is 23.8 Å². The Labute approximate surface area is 80.1 Å². The predicted molar refractivity (Wildman–Crippen MR) is 56.5 cm³/mol. The number of hydrogen-bond acceptors (Lipinski definition) is 2. The Bertz CT molecular complexity index is 279. The molecule has 0 aromatic carbocycles. The van der Waals surface area contributed by atoms with Gasteiger partial charge in [0.05, 0.1) is 6.61 Å². The van der Waals surface area contributed by atoms with Crippen LogP contribution >= 0.6 is 7.37 Å². The van der Waals surface area contributed by atoms with Gasteiger partial charge in [-0.25, -0.2) is 0 Å². The van der Waals surface area contributed by atoms with Crippen molar-refractivity contribution in [3.63, 3.8) is 0 Å². The minimum absolute atomic E-state index is 0.526. The van der Waals surface area contributed by atoms with E-state index in [-0.39, 0.29) is 0 Å². The molecule has 1 heterocycles. The summed E-state index contributed by atoms with van der Waals surface area (Å²) in [6, 6.07) is 0. The van der Waals surface area contributed by atoms with E-state index in [1.54, 1.807) is 0 Å². The first-order valence-electron chi connectivity index (χ1n) is 4.54. The van der Waals surface area contributed by atoms with Crippen LogP contribution in [0.3, 0.4) is 0 Å². The van der Waals surface area contributed by atoms with Crippen molar-refractivity contribution in [2.75, 3.05) is 18.9 Å². The van der Waals surface area contributed by atoms with Gasteiger partial charge in [0.25, 0.3) is 0 Å². The summed E-state index contributed by atoms with van der Waals surface area (Å²) in [7, 11) is -2.44. The van der Waals surface area contributed by atoms with Crippen molar-refractivity contribution in [1.82, 2.24) is 0 Å². The minimum Gasteiger partial charge on any atom is -0.328 e. The summed E-state index contributed by atoms with van der Waals surface area (Å²) < 4.78 is 17.6. The Morgan fingerprint density at radius 3 is 3.08 bits per heavy atom. The summed E-state index contributed by atoms with van der Waals surface area (Å²) in [6.07, 6.45) is 4.11. The molecule has 0 radical (unpaired) electrons. The second-order valence-electron chi connectivity index (χ2n) is 3.76. The Morgan fingerprint density at radius 2 is 2.46 bits per heavy atom. The zero-order valence-corrected chi connectivity index (χ0v) is 9.27. The molecule has 1 aliphatic heterocycles. The Kier molecular flexibility index (Phi) is 3.52. The first-order valence-corrected chi connectivity index (χ1v) is 6.54. The highest BCUT2D eigenvalue weighted by molar-refractivity contribution is 7.59. The molecule has 0 amide bonds. The van der Waals surface area contributed by atoms with Gasteiger partial charge >= 0.3 is 0 Å². The smallest absolute Gasteiger partial charge is 0.210 e. The molecule has 1 atom stereocenters. The van der Waals surface area contributed by atoms with E-state index in [4.69, 9.17) is 4.52 Å². The third kappa shape index (κ3) is 3.50. The SMILES string of the molecule is C=C(C)C[P@]1(=O)CC(C)=CCCO1. The van der Waals surface area contributed by atoms with E-state index in [0.717, 1.165) is 12.0 Å². The van der Waals surface area contributed by atoms with Crippen molar-refractivity contribution < 1.29 is 9.09 Å².